The quantitative estimate of drug-likeness (QED) is 0.345. The number of allylic oxidation sites excluding steroid dienone is 4. The fourth-order valence-corrected chi connectivity index (χ4v) is 4.18. The normalized spacial score (nSPS) is 17.2. The van der Waals surface area contributed by atoms with Crippen LogP contribution >= 0.6 is 11.9 Å². The zero-order valence-electron chi connectivity index (χ0n) is 17.5. The molecule has 162 valence electrons. The topological polar surface area (TPSA) is 99.4 Å². The molecule has 8 heteroatoms. The summed E-state index contributed by atoms with van der Waals surface area (Å²) in [7, 11) is 0. The fraction of sp³-hybridized carbons (Fsp3) is 0.217. The molecule has 1 aromatic heterocycles. The van der Waals surface area contributed by atoms with Crippen molar-refractivity contribution in [3.05, 3.63) is 78.5 Å². The number of carbonyl (C=O) groups is 1. The summed E-state index contributed by atoms with van der Waals surface area (Å²) in [6.45, 7) is 11.0. The van der Waals surface area contributed by atoms with Gasteiger partial charge in [-0.15, -0.1) is 0 Å². The van der Waals surface area contributed by atoms with E-state index in [2.05, 4.69) is 22.6 Å². The predicted molar refractivity (Wildman–Crippen MR) is 127 cm³/mol. The molecule has 0 radical (unpaired) electrons. The maximum absolute atomic E-state index is 12.2. The van der Waals surface area contributed by atoms with Crippen LogP contribution in [0.4, 0.5) is 5.82 Å². The number of hydrogen-bond acceptors (Lipinski definition) is 6. The Hall–Kier alpha value is -3.23. The van der Waals surface area contributed by atoms with Crippen LogP contribution in [0.5, 0.6) is 5.75 Å². The highest BCUT2D eigenvalue weighted by Gasteiger charge is 2.30. The van der Waals surface area contributed by atoms with Crippen LogP contribution in [0.15, 0.2) is 72.9 Å². The van der Waals surface area contributed by atoms with Crippen LogP contribution in [0.2, 0.25) is 0 Å². The van der Waals surface area contributed by atoms with Gasteiger partial charge in [0.25, 0.3) is 5.91 Å². The molecule has 2 heterocycles. The molecule has 0 spiro atoms. The molecule has 0 aliphatic carbocycles. The van der Waals surface area contributed by atoms with E-state index in [0.717, 1.165) is 25.1 Å². The standard InChI is InChI=1S/C23H27N5O2S/c1-4-7-18(8-5-2)30-19-11-9-16(10-12-19)21-20(23(25)29)22(24)28(26-21)17-13-14-27(15-17)31-6-3/h4-12,17H,1,3,13-15,24H2,2H3,(H2,25,29)/b8-5-,18-7+. The number of nitrogens with two attached hydrogens (primary N) is 2. The van der Waals surface area contributed by atoms with Crippen LogP contribution < -0.4 is 16.2 Å². The first kappa shape index (κ1) is 22.5. The van der Waals surface area contributed by atoms with Gasteiger partial charge in [-0.2, -0.15) is 5.10 Å². The summed E-state index contributed by atoms with van der Waals surface area (Å²) in [4.78, 5) is 12.2. The van der Waals surface area contributed by atoms with E-state index < -0.39 is 5.91 Å². The molecule has 1 aliphatic rings. The molecule has 2 aromatic rings. The molecule has 0 saturated carbocycles. The number of ether oxygens (including phenoxy) is 1. The maximum Gasteiger partial charge on any atom is 0.254 e. The SMILES string of the molecule is C=C/C=C(\C=C/C)Oc1ccc(-c2nn(C3CCN(SC=C)C3)c(N)c2C(N)=O)cc1. The monoisotopic (exact) mass is 437 g/mol. The van der Waals surface area contributed by atoms with Crippen molar-refractivity contribution in [2.24, 2.45) is 5.73 Å². The van der Waals surface area contributed by atoms with Gasteiger partial charge in [0.2, 0.25) is 0 Å². The summed E-state index contributed by atoms with van der Waals surface area (Å²) in [6, 6.07) is 7.36. The number of nitrogens with zero attached hydrogens (tertiary/aromatic N) is 3. The average Bonchev–Trinajstić information content (AvgIpc) is 3.33. The Kier molecular flexibility index (Phi) is 7.38. The predicted octanol–water partition coefficient (Wildman–Crippen LogP) is 4.29. The molecule has 1 saturated heterocycles. The Morgan fingerprint density at radius 3 is 2.68 bits per heavy atom. The number of carbonyl (C=O) groups excluding carboxylic acids is 1. The summed E-state index contributed by atoms with van der Waals surface area (Å²) in [6.07, 6.45) is 8.04. The second-order valence-corrected chi connectivity index (χ2v) is 8.01. The first-order valence-electron chi connectivity index (χ1n) is 9.92. The van der Waals surface area contributed by atoms with Gasteiger partial charge >= 0.3 is 0 Å². The van der Waals surface area contributed by atoms with Gasteiger partial charge in [-0.05, 0) is 55.2 Å². The molecule has 0 bridgehead atoms. The number of rotatable bonds is 9. The molecule has 1 amide bonds. The van der Waals surface area contributed by atoms with Crippen molar-refractivity contribution in [2.45, 2.75) is 19.4 Å². The Labute approximate surface area is 186 Å². The van der Waals surface area contributed by atoms with Crippen molar-refractivity contribution in [3.63, 3.8) is 0 Å². The molecule has 31 heavy (non-hydrogen) atoms. The second kappa shape index (κ2) is 10.2. The minimum atomic E-state index is -0.598. The van der Waals surface area contributed by atoms with E-state index in [4.69, 9.17) is 16.2 Å². The van der Waals surface area contributed by atoms with Crippen molar-refractivity contribution in [1.29, 1.82) is 0 Å². The zero-order valence-corrected chi connectivity index (χ0v) is 18.3. The highest BCUT2D eigenvalue weighted by molar-refractivity contribution is 7.99. The Morgan fingerprint density at radius 1 is 1.32 bits per heavy atom. The van der Waals surface area contributed by atoms with E-state index in [1.807, 2.05) is 43.3 Å². The Balaban J connectivity index is 1.90. The van der Waals surface area contributed by atoms with E-state index in [1.54, 1.807) is 34.2 Å². The maximum atomic E-state index is 12.2. The first-order chi connectivity index (χ1) is 15.0. The molecule has 1 fully saturated rings. The van der Waals surface area contributed by atoms with Gasteiger partial charge in [-0.3, -0.25) is 4.79 Å². The lowest BCUT2D eigenvalue weighted by atomic mass is 10.1. The highest BCUT2D eigenvalue weighted by Crippen LogP contribution is 2.34. The number of benzene rings is 1. The van der Waals surface area contributed by atoms with Crippen molar-refractivity contribution in [2.75, 3.05) is 18.8 Å². The van der Waals surface area contributed by atoms with E-state index >= 15 is 0 Å². The van der Waals surface area contributed by atoms with Crippen LogP contribution in [-0.2, 0) is 0 Å². The third-order valence-corrected chi connectivity index (χ3v) is 5.64. The van der Waals surface area contributed by atoms with Gasteiger partial charge < -0.3 is 16.2 Å². The lowest BCUT2D eigenvalue weighted by molar-refractivity contribution is 0.100. The van der Waals surface area contributed by atoms with Crippen molar-refractivity contribution in [3.8, 4) is 17.0 Å². The van der Waals surface area contributed by atoms with Crippen LogP contribution in [0, 0.1) is 0 Å². The van der Waals surface area contributed by atoms with Gasteiger partial charge in [0.05, 0.1) is 6.04 Å². The summed E-state index contributed by atoms with van der Waals surface area (Å²) < 4.78 is 9.76. The minimum absolute atomic E-state index is 0.0642. The molecule has 1 aromatic carbocycles. The van der Waals surface area contributed by atoms with E-state index in [0.29, 0.717) is 23.0 Å². The van der Waals surface area contributed by atoms with Gasteiger partial charge in [0, 0.05) is 18.7 Å². The summed E-state index contributed by atoms with van der Waals surface area (Å²) in [5.74, 6) is 1.01. The molecular weight excluding hydrogens is 410 g/mol. The number of aromatic nitrogens is 2. The molecule has 3 rings (SSSR count). The third kappa shape index (κ3) is 5.10. The van der Waals surface area contributed by atoms with Crippen molar-refractivity contribution in [1.82, 2.24) is 14.1 Å². The number of anilines is 1. The van der Waals surface area contributed by atoms with Gasteiger partial charge in [-0.1, -0.05) is 37.3 Å². The van der Waals surface area contributed by atoms with Crippen LogP contribution in [0.3, 0.4) is 0 Å². The Bertz CT molecular complexity index is 1020. The number of amides is 1. The molecule has 1 aliphatic heterocycles. The second-order valence-electron chi connectivity index (χ2n) is 6.95. The number of nitrogen functional groups attached to an aromatic ring is 1. The summed E-state index contributed by atoms with van der Waals surface area (Å²) in [5, 5.41) is 6.48. The molecule has 7 nitrogen and oxygen atoms in total. The molecule has 4 N–H and O–H groups in total. The van der Waals surface area contributed by atoms with Gasteiger partial charge in [0.15, 0.2) is 0 Å². The lowest BCUT2D eigenvalue weighted by Crippen LogP contribution is -2.18. The largest absolute Gasteiger partial charge is 0.457 e. The number of hydrogen-bond donors (Lipinski definition) is 2. The third-order valence-electron chi connectivity index (χ3n) is 4.87. The van der Waals surface area contributed by atoms with Crippen molar-refractivity contribution >= 4 is 23.7 Å². The summed E-state index contributed by atoms with van der Waals surface area (Å²) >= 11 is 1.56. The smallest absolute Gasteiger partial charge is 0.254 e. The summed E-state index contributed by atoms with van der Waals surface area (Å²) in [5.41, 5.74) is 13.4. The fourth-order valence-electron chi connectivity index (χ4n) is 3.50. The molecule has 1 atom stereocenters. The van der Waals surface area contributed by atoms with E-state index in [1.165, 1.54) is 0 Å². The molecule has 1 unspecified atom stereocenters. The number of primary amides is 1. The average molecular weight is 438 g/mol. The van der Waals surface area contributed by atoms with Crippen LogP contribution in [0.25, 0.3) is 11.3 Å². The zero-order chi connectivity index (χ0) is 22.4. The van der Waals surface area contributed by atoms with Gasteiger partial charge in [0.1, 0.15) is 28.6 Å². The van der Waals surface area contributed by atoms with Crippen molar-refractivity contribution < 1.29 is 9.53 Å². The minimum Gasteiger partial charge on any atom is -0.457 e. The van der Waals surface area contributed by atoms with E-state index in [9.17, 15) is 4.79 Å². The van der Waals surface area contributed by atoms with Crippen LogP contribution in [0.1, 0.15) is 29.7 Å². The first-order valence-corrected chi connectivity index (χ1v) is 10.8. The van der Waals surface area contributed by atoms with E-state index in [-0.39, 0.29) is 11.6 Å². The van der Waals surface area contributed by atoms with Crippen LogP contribution in [-0.4, -0.2) is 33.1 Å². The highest BCUT2D eigenvalue weighted by atomic mass is 32.2. The van der Waals surface area contributed by atoms with Gasteiger partial charge in [-0.25, -0.2) is 8.99 Å². The lowest BCUT2D eigenvalue weighted by Gasteiger charge is -2.14. The molecular formula is C23H27N5O2S. The Morgan fingerprint density at radius 2 is 2.06 bits per heavy atom.